The molecule has 0 bridgehead atoms. The average Bonchev–Trinajstić information content (AvgIpc) is 2.88. The first-order chi connectivity index (χ1) is 16.9. The number of alkyl halides is 4. The molecule has 0 spiro atoms. The molecule has 0 aromatic heterocycles. The maximum Gasteiger partial charge on any atom is 0.134 e. The molecule has 204 valence electrons. The number of hydrogen-bond donors (Lipinski definition) is 0. The van der Waals surface area contributed by atoms with Gasteiger partial charge < -0.3 is 0 Å². The van der Waals surface area contributed by atoms with E-state index in [1.54, 1.807) is 0 Å². The zero-order valence-electron chi connectivity index (χ0n) is 22.5. The molecule has 4 fully saturated rings. The minimum absolute atomic E-state index is 0.0595. The summed E-state index contributed by atoms with van der Waals surface area (Å²) < 4.78 is 59.9. The predicted octanol–water partition coefficient (Wildman–Crippen LogP) is 9.99. The van der Waals surface area contributed by atoms with Gasteiger partial charge in [0.25, 0.3) is 0 Å². The fraction of sp³-hybridized carbons (Fsp3) is 1.00. The standard InChI is InChI=1S/C31H52F4/c1-3-5-24-16-17-25(29(33)28(24)32)15-10-21-8-13-23(14-9-21)27-19-18-26(30(34)31(27)35)22-11-6-20(4-2)7-12-22/h20-31H,3-19H2,1-2H3/t20?,21?,22?,23?,24?,25?,26?,27?,28?,29?,30?,31-/m0/s1. The van der Waals surface area contributed by atoms with E-state index in [2.05, 4.69) is 6.92 Å². The predicted molar refractivity (Wildman–Crippen MR) is 137 cm³/mol. The zero-order chi connectivity index (χ0) is 24.9. The van der Waals surface area contributed by atoms with E-state index in [0.29, 0.717) is 17.8 Å². The maximum atomic E-state index is 15.4. The quantitative estimate of drug-likeness (QED) is 0.291. The van der Waals surface area contributed by atoms with Crippen LogP contribution in [-0.4, -0.2) is 24.7 Å². The van der Waals surface area contributed by atoms with Crippen molar-refractivity contribution >= 4 is 0 Å². The third-order valence-electron chi connectivity index (χ3n) is 11.2. The fourth-order valence-electron chi connectivity index (χ4n) is 8.79. The van der Waals surface area contributed by atoms with Crippen LogP contribution in [-0.2, 0) is 0 Å². The Morgan fingerprint density at radius 2 is 0.914 bits per heavy atom. The van der Waals surface area contributed by atoms with Crippen LogP contribution >= 0.6 is 0 Å². The molecule has 4 aliphatic rings. The van der Waals surface area contributed by atoms with E-state index in [-0.39, 0.29) is 23.7 Å². The third-order valence-corrected chi connectivity index (χ3v) is 11.2. The molecule has 35 heavy (non-hydrogen) atoms. The molecule has 0 aromatic carbocycles. The van der Waals surface area contributed by atoms with Crippen molar-refractivity contribution < 1.29 is 17.6 Å². The molecule has 0 saturated heterocycles. The molecule has 4 rings (SSSR count). The van der Waals surface area contributed by atoms with Crippen molar-refractivity contribution in [1.29, 1.82) is 0 Å². The Hall–Kier alpha value is -0.280. The molecule has 7 unspecified atom stereocenters. The van der Waals surface area contributed by atoms with Crippen LogP contribution in [0.5, 0.6) is 0 Å². The Morgan fingerprint density at radius 1 is 0.457 bits per heavy atom. The second-order valence-electron chi connectivity index (χ2n) is 13.1. The van der Waals surface area contributed by atoms with Crippen LogP contribution in [0.4, 0.5) is 17.6 Å². The Morgan fingerprint density at radius 3 is 1.37 bits per heavy atom. The topological polar surface area (TPSA) is 0 Å². The van der Waals surface area contributed by atoms with E-state index in [1.165, 1.54) is 19.3 Å². The van der Waals surface area contributed by atoms with Gasteiger partial charge in [0.2, 0.25) is 0 Å². The van der Waals surface area contributed by atoms with Crippen LogP contribution < -0.4 is 0 Å². The van der Waals surface area contributed by atoms with Gasteiger partial charge in [-0.15, -0.1) is 0 Å². The molecule has 0 nitrogen and oxygen atoms in total. The molecular formula is C31H52F4. The molecule has 4 heteroatoms. The van der Waals surface area contributed by atoms with Gasteiger partial charge in [0.1, 0.15) is 24.7 Å². The lowest BCUT2D eigenvalue weighted by Crippen LogP contribution is -2.45. The van der Waals surface area contributed by atoms with Gasteiger partial charge >= 0.3 is 0 Å². The lowest BCUT2D eigenvalue weighted by molar-refractivity contribution is -0.0374. The minimum atomic E-state index is -1.29. The molecule has 0 radical (unpaired) electrons. The highest BCUT2D eigenvalue weighted by molar-refractivity contribution is 4.95. The summed E-state index contributed by atoms with van der Waals surface area (Å²) in [4.78, 5) is 0. The Bertz CT molecular complexity index is 609. The summed E-state index contributed by atoms with van der Waals surface area (Å²) in [5.41, 5.74) is 0. The van der Waals surface area contributed by atoms with Crippen molar-refractivity contribution in [2.24, 2.45) is 47.3 Å². The minimum Gasteiger partial charge on any atom is -0.244 e. The van der Waals surface area contributed by atoms with Crippen molar-refractivity contribution in [2.75, 3.05) is 0 Å². The average molecular weight is 501 g/mol. The summed E-state index contributed by atoms with van der Waals surface area (Å²) in [5.74, 6) is 1.67. The van der Waals surface area contributed by atoms with Crippen molar-refractivity contribution in [3.8, 4) is 0 Å². The summed E-state index contributed by atoms with van der Waals surface area (Å²) in [5, 5.41) is 0. The van der Waals surface area contributed by atoms with Crippen LogP contribution in [0.2, 0.25) is 0 Å². The highest BCUT2D eigenvalue weighted by Gasteiger charge is 2.47. The lowest BCUT2D eigenvalue weighted by atomic mass is 9.63. The Labute approximate surface area is 212 Å². The van der Waals surface area contributed by atoms with Gasteiger partial charge in [-0.3, -0.25) is 0 Å². The lowest BCUT2D eigenvalue weighted by Gasteiger charge is -2.45. The van der Waals surface area contributed by atoms with Crippen molar-refractivity contribution in [3.63, 3.8) is 0 Å². The second kappa shape index (κ2) is 13.0. The highest BCUT2D eigenvalue weighted by atomic mass is 19.2. The van der Waals surface area contributed by atoms with Gasteiger partial charge in [0, 0.05) is 0 Å². The molecule has 0 aromatic rings. The van der Waals surface area contributed by atoms with E-state index < -0.39 is 24.7 Å². The van der Waals surface area contributed by atoms with Crippen LogP contribution in [0.15, 0.2) is 0 Å². The second-order valence-corrected chi connectivity index (χ2v) is 13.1. The molecule has 4 aliphatic carbocycles. The van der Waals surface area contributed by atoms with Crippen LogP contribution in [0.1, 0.15) is 123 Å². The van der Waals surface area contributed by atoms with E-state index in [1.807, 2.05) is 6.92 Å². The molecule has 0 N–H and O–H groups in total. The van der Waals surface area contributed by atoms with Gasteiger partial charge in [0.15, 0.2) is 0 Å². The smallest absolute Gasteiger partial charge is 0.134 e. The van der Waals surface area contributed by atoms with Crippen LogP contribution in [0.3, 0.4) is 0 Å². The fourth-order valence-corrected chi connectivity index (χ4v) is 8.79. The van der Waals surface area contributed by atoms with Gasteiger partial charge in [-0.1, -0.05) is 58.8 Å². The van der Waals surface area contributed by atoms with Gasteiger partial charge in [-0.25, -0.2) is 17.6 Å². The number of rotatable bonds is 8. The number of halogens is 4. The normalized spacial score (nSPS) is 47.5. The van der Waals surface area contributed by atoms with E-state index >= 15 is 8.78 Å². The Balaban J connectivity index is 1.19. The third kappa shape index (κ3) is 6.60. The van der Waals surface area contributed by atoms with Crippen molar-refractivity contribution in [3.05, 3.63) is 0 Å². The maximum absolute atomic E-state index is 15.4. The van der Waals surface area contributed by atoms with Gasteiger partial charge in [0.05, 0.1) is 0 Å². The van der Waals surface area contributed by atoms with Crippen molar-refractivity contribution in [2.45, 2.75) is 148 Å². The summed E-state index contributed by atoms with van der Waals surface area (Å²) in [7, 11) is 0. The summed E-state index contributed by atoms with van der Waals surface area (Å²) in [6, 6.07) is 0. The van der Waals surface area contributed by atoms with Crippen LogP contribution in [0.25, 0.3) is 0 Å². The molecule has 0 amide bonds. The van der Waals surface area contributed by atoms with Crippen LogP contribution in [0, 0.1) is 47.3 Å². The summed E-state index contributed by atoms with van der Waals surface area (Å²) in [6.45, 7) is 4.29. The first-order valence-corrected chi connectivity index (χ1v) is 15.5. The highest BCUT2D eigenvalue weighted by Crippen LogP contribution is 2.49. The van der Waals surface area contributed by atoms with Gasteiger partial charge in [-0.05, 0) is 112 Å². The first-order valence-electron chi connectivity index (χ1n) is 15.5. The monoisotopic (exact) mass is 500 g/mol. The SMILES string of the molecule is CCCC1CCC(CCC2CCC(C3CCC(C4CCC(CC)CC4)C(F)[C@H]3F)CC2)C(F)C1F. The molecule has 0 aliphatic heterocycles. The van der Waals surface area contributed by atoms with Crippen molar-refractivity contribution in [1.82, 2.24) is 0 Å². The first kappa shape index (κ1) is 27.7. The van der Waals surface area contributed by atoms with E-state index in [0.717, 1.165) is 95.8 Å². The van der Waals surface area contributed by atoms with E-state index in [4.69, 9.17) is 0 Å². The number of hydrogen-bond acceptors (Lipinski definition) is 0. The summed E-state index contributed by atoms with van der Waals surface area (Å²) in [6.07, 6.45) is 11.6. The molecule has 8 atom stereocenters. The molecule has 0 heterocycles. The Kier molecular flexibility index (Phi) is 10.3. The van der Waals surface area contributed by atoms with Gasteiger partial charge in [-0.2, -0.15) is 0 Å². The van der Waals surface area contributed by atoms with E-state index in [9.17, 15) is 8.78 Å². The largest absolute Gasteiger partial charge is 0.244 e. The molecular weight excluding hydrogens is 448 g/mol. The zero-order valence-corrected chi connectivity index (χ0v) is 22.5. The summed E-state index contributed by atoms with van der Waals surface area (Å²) >= 11 is 0. The molecule has 4 saturated carbocycles.